The summed E-state index contributed by atoms with van der Waals surface area (Å²) in [5.41, 5.74) is 5.87. The van der Waals surface area contributed by atoms with Gasteiger partial charge < -0.3 is 15.8 Å². The Labute approximate surface area is 116 Å². The number of nitrogens with one attached hydrogen (secondary N) is 1. The van der Waals surface area contributed by atoms with Gasteiger partial charge in [-0.1, -0.05) is 25.7 Å². The number of methoxy groups -OCH3 is 1. The number of amides is 1. The fourth-order valence-electron chi connectivity index (χ4n) is 2.67. The largest absolute Gasteiger partial charge is 0.383 e. The molecule has 1 aliphatic rings. The molecule has 1 atom stereocenters. The minimum Gasteiger partial charge on any atom is -0.383 e. The molecule has 0 aromatic carbocycles. The van der Waals surface area contributed by atoms with Crippen LogP contribution in [0.5, 0.6) is 0 Å². The van der Waals surface area contributed by atoms with Gasteiger partial charge in [-0.3, -0.25) is 9.69 Å². The molecule has 5 heteroatoms. The predicted molar refractivity (Wildman–Crippen MR) is 77.0 cm³/mol. The second kappa shape index (κ2) is 9.28. The van der Waals surface area contributed by atoms with Crippen LogP contribution in [0.1, 0.15) is 38.5 Å². The summed E-state index contributed by atoms with van der Waals surface area (Å²) in [6.07, 6.45) is 7.33. The molecule has 0 spiro atoms. The Hall–Kier alpha value is -0.650. The molecule has 1 fully saturated rings. The van der Waals surface area contributed by atoms with E-state index >= 15 is 0 Å². The van der Waals surface area contributed by atoms with Crippen LogP contribution in [0.2, 0.25) is 0 Å². The summed E-state index contributed by atoms with van der Waals surface area (Å²) in [4.78, 5) is 13.9. The second-order valence-electron chi connectivity index (χ2n) is 5.67. The van der Waals surface area contributed by atoms with E-state index in [0.29, 0.717) is 25.7 Å². The number of hydrogen-bond donors (Lipinski definition) is 2. The third-order valence-corrected chi connectivity index (χ3v) is 3.56. The first-order valence-electron chi connectivity index (χ1n) is 7.34. The Bertz CT molecular complexity index is 253. The number of carbonyl (C=O) groups excluding carboxylic acids is 1. The molecule has 0 heterocycles. The maximum atomic E-state index is 11.9. The van der Waals surface area contributed by atoms with Crippen molar-refractivity contribution in [2.24, 2.45) is 5.73 Å². The van der Waals surface area contributed by atoms with Gasteiger partial charge in [-0.2, -0.15) is 0 Å². The van der Waals surface area contributed by atoms with Crippen molar-refractivity contribution >= 4 is 5.91 Å². The first kappa shape index (κ1) is 16.4. The molecule has 3 N–H and O–H groups in total. The summed E-state index contributed by atoms with van der Waals surface area (Å²) >= 11 is 0. The third kappa shape index (κ3) is 7.50. The SMILES string of the molecule is COCC(N)CN(C)CC(=O)NC1CCCCCC1. The standard InChI is InChI=1S/C14H29N3O2/c1-17(9-12(15)11-19-2)10-14(18)16-13-7-5-3-4-6-8-13/h12-13H,3-11,15H2,1-2H3,(H,16,18). The molecule has 0 aliphatic heterocycles. The van der Waals surface area contributed by atoms with Gasteiger partial charge in [0.1, 0.15) is 0 Å². The van der Waals surface area contributed by atoms with Crippen LogP contribution >= 0.6 is 0 Å². The summed E-state index contributed by atoms with van der Waals surface area (Å²) in [5, 5.41) is 3.14. The van der Waals surface area contributed by atoms with Gasteiger partial charge >= 0.3 is 0 Å². The van der Waals surface area contributed by atoms with Crippen molar-refractivity contribution in [1.82, 2.24) is 10.2 Å². The van der Waals surface area contributed by atoms with Crippen LogP contribution in [0.25, 0.3) is 0 Å². The Morgan fingerprint density at radius 2 is 2.00 bits per heavy atom. The van der Waals surface area contributed by atoms with Crippen LogP contribution in [-0.4, -0.2) is 56.7 Å². The van der Waals surface area contributed by atoms with E-state index in [1.807, 2.05) is 11.9 Å². The van der Waals surface area contributed by atoms with Crippen molar-refractivity contribution in [3.05, 3.63) is 0 Å². The van der Waals surface area contributed by atoms with Crippen molar-refractivity contribution in [2.75, 3.05) is 33.9 Å². The van der Waals surface area contributed by atoms with Crippen molar-refractivity contribution < 1.29 is 9.53 Å². The lowest BCUT2D eigenvalue weighted by molar-refractivity contribution is -0.122. The van der Waals surface area contributed by atoms with Crippen LogP contribution in [0, 0.1) is 0 Å². The Balaban J connectivity index is 2.21. The molecule has 0 aromatic rings. The monoisotopic (exact) mass is 271 g/mol. The van der Waals surface area contributed by atoms with Crippen molar-refractivity contribution in [3.63, 3.8) is 0 Å². The first-order chi connectivity index (χ1) is 9.11. The van der Waals surface area contributed by atoms with Crippen LogP contribution in [0.15, 0.2) is 0 Å². The Morgan fingerprint density at radius 3 is 2.58 bits per heavy atom. The van der Waals surface area contributed by atoms with E-state index in [2.05, 4.69) is 5.32 Å². The first-order valence-corrected chi connectivity index (χ1v) is 7.34. The molecule has 1 unspecified atom stereocenters. The van der Waals surface area contributed by atoms with Gasteiger partial charge in [0.15, 0.2) is 0 Å². The van der Waals surface area contributed by atoms with Gasteiger partial charge in [0.25, 0.3) is 0 Å². The minimum absolute atomic E-state index is 0.0410. The maximum Gasteiger partial charge on any atom is 0.234 e. The van der Waals surface area contributed by atoms with E-state index in [1.165, 1.54) is 25.7 Å². The predicted octanol–water partition coefficient (Wildman–Crippen LogP) is 0.731. The van der Waals surface area contributed by atoms with Gasteiger partial charge in [-0.15, -0.1) is 0 Å². The smallest absolute Gasteiger partial charge is 0.234 e. The van der Waals surface area contributed by atoms with Crippen LogP contribution in [0.3, 0.4) is 0 Å². The minimum atomic E-state index is -0.0410. The fraction of sp³-hybridized carbons (Fsp3) is 0.929. The van der Waals surface area contributed by atoms with Crippen LogP contribution in [0.4, 0.5) is 0 Å². The summed E-state index contributed by atoms with van der Waals surface area (Å²) in [7, 11) is 3.56. The molecule has 1 saturated carbocycles. The van der Waals surface area contributed by atoms with Crippen LogP contribution in [-0.2, 0) is 9.53 Å². The number of nitrogens with zero attached hydrogens (tertiary/aromatic N) is 1. The molecule has 0 saturated heterocycles. The fourth-order valence-corrected chi connectivity index (χ4v) is 2.67. The Kier molecular flexibility index (Phi) is 8.02. The zero-order valence-corrected chi connectivity index (χ0v) is 12.4. The number of likely N-dealkylation sites (N-methyl/N-ethyl adjacent to an activating group) is 1. The zero-order valence-electron chi connectivity index (χ0n) is 12.4. The zero-order chi connectivity index (χ0) is 14.1. The molecular formula is C14H29N3O2. The topological polar surface area (TPSA) is 67.6 Å². The maximum absolute atomic E-state index is 11.9. The number of rotatable bonds is 7. The quantitative estimate of drug-likeness (QED) is 0.670. The lowest BCUT2D eigenvalue weighted by atomic mass is 10.1. The lowest BCUT2D eigenvalue weighted by Gasteiger charge is -2.22. The number of ether oxygens (including phenoxy) is 1. The van der Waals surface area contributed by atoms with E-state index in [9.17, 15) is 4.79 Å². The normalized spacial score (nSPS) is 19.2. The number of hydrogen-bond acceptors (Lipinski definition) is 4. The highest BCUT2D eigenvalue weighted by Gasteiger charge is 2.16. The van der Waals surface area contributed by atoms with Crippen molar-refractivity contribution in [2.45, 2.75) is 50.6 Å². The third-order valence-electron chi connectivity index (χ3n) is 3.56. The number of nitrogens with two attached hydrogens (primary N) is 1. The second-order valence-corrected chi connectivity index (χ2v) is 5.67. The van der Waals surface area contributed by atoms with Gasteiger partial charge in [0, 0.05) is 25.7 Å². The molecule has 1 amide bonds. The van der Waals surface area contributed by atoms with Crippen molar-refractivity contribution in [1.29, 1.82) is 0 Å². The summed E-state index contributed by atoms with van der Waals surface area (Å²) in [6.45, 7) is 1.61. The van der Waals surface area contributed by atoms with E-state index in [1.54, 1.807) is 7.11 Å². The van der Waals surface area contributed by atoms with Gasteiger partial charge in [0.05, 0.1) is 13.2 Å². The number of carbonyl (C=O) groups is 1. The van der Waals surface area contributed by atoms with E-state index < -0.39 is 0 Å². The molecule has 0 radical (unpaired) electrons. The summed E-state index contributed by atoms with van der Waals surface area (Å²) in [5.74, 6) is 0.110. The highest BCUT2D eigenvalue weighted by atomic mass is 16.5. The molecule has 1 rings (SSSR count). The highest BCUT2D eigenvalue weighted by molar-refractivity contribution is 5.78. The van der Waals surface area contributed by atoms with E-state index in [4.69, 9.17) is 10.5 Å². The van der Waals surface area contributed by atoms with E-state index in [-0.39, 0.29) is 11.9 Å². The summed E-state index contributed by atoms with van der Waals surface area (Å²) in [6, 6.07) is 0.330. The van der Waals surface area contributed by atoms with Crippen molar-refractivity contribution in [3.8, 4) is 0 Å². The highest BCUT2D eigenvalue weighted by Crippen LogP contribution is 2.17. The summed E-state index contributed by atoms with van der Waals surface area (Å²) < 4.78 is 4.99. The molecular weight excluding hydrogens is 242 g/mol. The molecule has 112 valence electrons. The molecule has 0 bridgehead atoms. The molecule has 0 aromatic heterocycles. The molecule has 19 heavy (non-hydrogen) atoms. The van der Waals surface area contributed by atoms with Crippen LogP contribution < -0.4 is 11.1 Å². The Morgan fingerprint density at radius 1 is 1.37 bits per heavy atom. The molecule has 1 aliphatic carbocycles. The van der Waals surface area contributed by atoms with Gasteiger partial charge in [-0.05, 0) is 19.9 Å². The van der Waals surface area contributed by atoms with E-state index in [0.717, 1.165) is 12.8 Å². The van der Waals surface area contributed by atoms with Gasteiger partial charge in [-0.25, -0.2) is 0 Å². The molecule has 5 nitrogen and oxygen atoms in total. The van der Waals surface area contributed by atoms with Gasteiger partial charge in [0.2, 0.25) is 5.91 Å². The average Bonchev–Trinajstić information content (AvgIpc) is 2.57. The lowest BCUT2D eigenvalue weighted by Crippen LogP contribution is -2.45. The average molecular weight is 271 g/mol.